The van der Waals surface area contributed by atoms with Crippen LogP contribution in [0.2, 0.25) is 0 Å². The van der Waals surface area contributed by atoms with Gasteiger partial charge in [0.05, 0.1) is 6.10 Å². The summed E-state index contributed by atoms with van der Waals surface area (Å²) in [6.45, 7) is 4.05. The average molecular weight is 255 g/mol. The van der Waals surface area contributed by atoms with E-state index in [1.54, 1.807) is 0 Å². The Morgan fingerprint density at radius 2 is 1.58 bits per heavy atom. The number of benzene rings is 2. The van der Waals surface area contributed by atoms with Gasteiger partial charge in [-0.15, -0.1) is 0 Å². The van der Waals surface area contributed by atoms with Crippen LogP contribution in [0.3, 0.4) is 0 Å². The predicted molar refractivity (Wildman–Crippen MR) is 79.3 cm³/mol. The molecule has 0 aliphatic rings. The molecule has 100 valence electrons. The fourth-order valence-electron chi connectivity index (χ4n) is 2.05. The molecule has 0 amide bonds. The van der Waals surface area contributed by atoms with Gasteiger partial charge < -0.3 is 10.5 Å². The smallest absolute Gasteiger partial charge is 0.119 e. The SMILES string of the molecule is CC(C)Oc1ccc(CC(N)c2ccccc2)cc1. The lowest BCUT2D eigenvalue weighted by atomic mass is 10.00. The summed E-state index contributed by atoms with van der Waals surface area (Å²) in [5.41, 5.74) is 8.61. The molecule has 2 rings (SSSR count). The van der Waals surface area contributed by atoms with E-state index in [2.05, 4.69) is 24.3 Å². The minimum absolute atomic E-state index is 0.0399. The summed E-state index contributed by atoms with van der Waals surface area (Å²) in [5, 5.41) is 0. The molecule has 0 aliphatic carbocycles. The Labute approximate surface area is 115 Å². The molecule has 1 unspecified atom stereocenters. The predicted octanol–water partition coefficient (Wildman–Crippen LogP) is 3.72. The molecule has 0 aliphatic heterocycles. The second-order valence-electron chi connectivity index (χ2n) is 5.03. The average Bonchev–Trinajstić information content (AvgIpc) is 2.41. The maximum absolute atomic E-state index is 6.21. The van der Waals surface area contributed by atoms with Gasteiger partial charge in [0.25, 0.3) is 0 Å². The van der Waals surface area contributed by atoms with E-state index in [1.807, 2.05) is 44.2 Å². The lowest BCUT2D eigenvalue weighted by Gasteiger charge is -2.13. The van der Waals surface area contributed by atoms with Crippen LogP contribution in [0.5, 0.6) is 5.75 Å². The van der Waals surface area contributed by atoms with Crippen molar-refractivity contribution in [1.82, 2.24) is 0 Å². The van der Waals surface area contributed by atoms with Crippen molar-refractivity contribution in [2.75, 3.05) is 0 Å². The summed E-state index contributed by atoms with van der Waals surface area (Å²) in [6, 6.07) is 18.4. The fraction of sp³-hybridized carbons (Fsp3) is 0.294. The molecule has 0 bridgehead atoms. The van der Waals surface area contributed by atoms with E-state index in [0.717, 1.165) is 12.2 Å². The van der Waals surface area contributed by atoms with Gasteiger partial charge in [-0.25, -0.2) is 0 Å². The second-order valence-corrected chi connectivity index (χ2v) is 5.03. The monoisotopic (exact) mass is 255 g/mol. The molecule has 0 saturated heterocycles. The number of hydrogen-bond donors (Lipinski definition) is 1. The van der Waals surface area contributed by atoms with Crippen molar-refractivity contribution in [3.8, 4) is 5.75 Å². The molecule has 2 aromatic carbocycles. The number of nitrogens with two attached hydrogens (primary N) is 1. The van der Waals surface area contributed by atoms with Crippen LogP contribution in [0, 0.1) is 0 Å². The Morgan fingerprint density at radius 3 is 2.16 bits per heavy atom. The van der Waals surface area contributed by atoms with E-state index in [4.69, 9.17) is 10.5 Å². The first-order valence-electron chi connectivity index (χ1n) is 6.71. The second kappa shape index (κ2) is 6.39. The van der Waals surface area contributed by atoms with Crippen LogP contribution in [0.1, 0.15) is 31.0 Å². The van der Waals surface area contributed by atoms with Crippen molar-refractivity contribution < 1.29 is 4.74 Å². The zero-order valence-corrected chi connectivity index (χ0v) is 11.5. The van der Waals surface area contributed by atoms with Gasteiger partial charge in [0.1, 0.15) is 5.75 Å². The summed E-state index contributed by atoms with van der Waals surface area (Å²) < 4.78 is 5.63. The number of rotatable bonds is 5. The summed E-state index contributed by atoms with van der Waals surface area (Å²) in [7, 11) is 0. The standard InChI is InChI=1S/C17H21NO/c1-13(2)19-16-10-8-14(9-11-16)12-17(18)15-6-4-3-5-7-15/h3-11,13,17H,12,18H2,1-2H3. The summed E-state index contributed by atoms with van der Waals surface area (Å²) >= 11 is 0. The van der Waals surface area contributed by atoms with Crippen LogP contribution >= 0.6 is 0 Å². The highest BCUT2D eigenvalue weighted by Crippen LogP contribution is 2.19. The molecule has 2 N–H and O–H groups in total. The molecule has 0 aromatic heterocycles. The van der Waals surface area contributed by atoms with Gasteiger partial charge in [-0.1, -0.05) is 42.5 Å². The zero-order chi connectivity index (χ0) is 13.7. The van der Waals surface area contributed by atoms with Gasteiger partial charge in [-0.05, 0) is 43.5 Å². The number of hydrogen-bond acceptors (Lipinski definition) is 2. The highest BCUT2D eigenvalue weighted by atomic mass is 16.5. The molecular weight excluding hydrogens is 234 g/mol. The van der Waals surface area contributed by atoms with Crippen molar-refractivity contribution in [3.05, 3.63) is 65.7 Å². The molecule has 1 atom stereocenters. The van der Waals surface area contributed by atoms with E-state index < -0.39 is 0 Å². The minimum atomic E-state index is 0.0399. The van der Waals surface area contributed by atoms with Crippen molar-refractivity contribution >= 4 is 0 Å². The molecule has 19 heavy (non-hydrogen) atoms. The van der Waals surface area contributed by atoms with Crippen LogP contribution < -0.4 is 10.5 Å². The first kappa shape index (κ1) is 13.6. The van der Waals surface area contributed by atoms with Crippen LogP contribution in [-0.2, 0) is 6.42 Å². The normalized spacial score (nSPS) is 12.4. The van der Waals surface area contributed by atoms with Crippen LogP contribution in [0.15, 0.2) is 54.6 Å². The van der Waals surface area contributed by atoms with Crippen LogP contribution in [0.25, 0.3) is 0 Å². The molecule has 2 aromatic rings. The van der Waals surface area contributed by atoms with E-state index in [0.29, 0.717) is 0 Å². The Bertz CT molecular complexity index is 490. The molecule has 0 radical (unpaired) electrons. The van der Waals surface area contributed by atoms with E-state index in [-0.39, 0.29) is 12.1 Å². The quantitative estimate of drug-likeness (QED) is 0.883. The summed E-state index contributed by atoms with van der Waals surface area (Å²) in [6.07, 6.45) is 1.05. The summed E-state index contributed by atoms with van der Waals surface area (Å²) in [4.78, 5) is 0. The lowest BCUT2D eigenvalue weighted by molar-refractivity contribution is 0.242. The van der Waals surface area contributed by atoms with Crippen LogP contribution in [0.4, 0.5) is 0 Å². The first-order valence-corrected chi connectivity index (χ1v) is 6.71. The highest BCUT2D eigenvalue weighted by Gasteiger charge is 2.06. The Hall–Kier alpha value is -1.80. The third-order valence-corrected chi connectivity index (χ3v) is 2.98. The van der Waals surface area contributed by atoms with Crippen molar-refractivity contribution in [2.45, 2.75) is 32.4 Å². The van der Waals surface area contributed by atoms with Crippen molar-refractivity contribution in [3.63, 3.8) is 0 Å². The number of ether oxygens (including phenoxy) is 1. The van der Waals surface area contributed by atoms with E-state index >= 15 is 0 Å². The lowest BCUT2D eigenvalue weighted by Crippen LogP contribution is -2.13. The van der Waals surface area contributed by atoms with Gasteiger partial charge in [-0.3, -0.25) is 0 Å². The van der Waals surface area contributed by atoms with Crippen molar-refractivity contribution in [1.29, 1.82) is 0 Å². The largest absolute Gasteiger partial charge is 0.491 e. The molecule has 0 saturated carbocycles. The highest BCUT2D eigenvalue weighted by molar-refractivity contribution is 5.29. The molecule has 0 spiro atoms. The molecule has 0 fully saturated rings. The fourth-order valence-corrected chi connectivity index (χ4v) is 2.05. The third kappa shape index (κ3) is 4.11. The van der Waals surface area contributed by atoms with Gasteiger partial charge in [0.2, 0.25) is 0 Å². The van der Waals surface area contributed by atoms with E-state index in [1.165, 1.54) is 11.1 Å². The minimum Gasteiger partial charge on any atom is -0.491 e. The maximum Gasteiger partial charge on any atom is 0.119 e. The van der Waals surface area contributed by atoms with Crippen molar-refractivity contribution in [2.24, 2.45) is 5.73 Å². The first-order chi connectivity index (χ1) is 9.15. The maximum atomic E-state index is 6.21. The zero-order valence-electron chi connectivity index (χ0n) is 11.5. The Balaban J connectivity index is 1.99. The molecule has 2 nitrogen and oxygen atoms in total. The van der Waals surface area contributed by atoms with Gasteiger partial charge in [0, 0.05) is 6.04 Å². The van der Waals surface area contributed by atoms with Crippen LogP contribution in [-0.4, -0.2) is 6.10 Å². The molecular formula is C17H21NO. The van der Waals surface area contributed by atoms with E-state index in [9.17, 15) is 0 Å². The Kier molecular flexibility index (Phi) is 4.58. The molecule has 2 heteroatoms. The summed E-state index contributed by atoms with van der Waals surface area (Å²) in [5.74, 6) is 0.909. The van der Waals surface area contributed by atoms with Gasteiger partial charge in [-0.2, -0.15) is 0 Å². The Morgan fingerprint density at radius 1 is 0.947 bits per heavy atom. The topological polar surface area (TPSA) is 35.2 Å². The third-order valence-electron chi connectivity index (χ3n) is 2.98. The van der Waals surface area contributed by atoms with Gasteiger partial charge in [0.15, 0.2) is 0 Å². The molecule has 0 heterocycles. The van der Waals surface area contributed by atoms with Gasteiger partial charge >= 0.3 is 0 Å².